The smallest absolute Gasteiger partial charge is 0.325 e. The van der Waals surface area contributed by atoms with Crippen molar-refractivity contribution in [2.45, 2.75) is 6.92 Å². The largest absolute Gasteiger partial charge is 0.468 e. The van der Waals surface area contributed by atoms with Crippen LogP contribution >= 0.6 is 12.4 Å². The number of anilines is 1. The van der Waals surface area contributed by atoms with Crippen LogP contribution in [0.1, 0.15) is 6.92 Å². The molecule has 96 valence electrons. The molecule has 6 heteroatoms. The van der Waals surface area contributed by atoms with Crippen LogP contribution in [0, 0.1) is 11.6 Å². The summed E-state index contributed by atoms with van der Waals surface area (Å²) in [6.45, 7) is 2.32. The molecule has 3 nitrogen and oxygen atoms in total. The second kappa shape index (κ2) is 7.06. The molecule has 0 saturated carbocycles. The highest BCUT2D eigenvalue weighted by Gasteiger charge is 2.12. The maximum atomic E-state index is 13.0. The minimum atomic E-state index is -0.930. The van der Waals surface area contributed by atoms with E-state index in [-0.39, 0.29) is 19.0 Å². The van der Waals surface area contributed by atoms with E-state index < -0.39 is 17.6 Å². The van der Waals surface area contributed by atoms with Crippen LogP contribution in [0.3, 0.4) is 0 Å². The van der Waals surface area contributed by atoms with Crippen molar-refractivity contribution in [1.29, 1.82) is 0 Å². The van der Waals surface area contributed by atoms with E-state index in [9.17, 15) is 13.6 Å². The number of rotatable bonds is 4. The minimum Gasteiger partial charge on any atom is -0.468 e. The van der Waals surface area contributed by atoms with Gasteiger partial charge in [0, 0.05) is 18.3 Å². The van der Waals surface area contributed by atoms with E-state index in [4.69, 9.17) is 0 Å². The second-order valence-corrected chi connectivity index (χ2v) is 3.19. The van der Waals surface area contributed by atoms with Crippen LogP contribution in [0.5, 0.6) is 0 Å². The molecule has 0 aliphatic carbocycles. The number of carbonyl (C=O) groups excluding carboxylic acids is 1. The summed E-state index contributed by atoms with van der Waals surface area (Å²) in [5, 5.41) is 0. The average molecular weight is 266 g/mol. The summed E-state index contributed by atoms with van der Waals surface area (Å²) in [6.07, 6.45) is 0. The molecule has 0 aromatic heterocycles. The van der Waals surface area contributed by atoms with Crippen molar-refractivity contribution in [2.75, 3.05) is 25.1 Å². The van der Waals surface area contributed by atoms with Gasteiger partial charge in [-0.15, -0.1) is 12.4 Å². The van der Waals surface area contributed by atoms with Gasteiger partial charge in [-0.2, -0.15) is 0 Å². The van der Waals surface area contributed by atoms with Gasteiger partial charge in [-0.05, 0) is 19.1 Å². The van der Waals surface area contributed by atoms with Crippen molar-refractivity contribution in [3.63, 3.8) is 0 Å². The summed E-state index contributed by atoms with van der Waals surface area (Å²) in [6, 6.07) is 3.51. The highest BCUT2D eigenvalue weighted by atomic mass is 35.5. The molecule has 1 rings (SSSR count). The van der Waals surface area contributed by atoms with E-state index in [1.54, 1.807) is 4.90 Å². The first-order chi connectivity index (χ1) is 7.58. The average Bonchev–Trinajstić information content (AvgIpc) is 2.29. The number of benzene rings is 1. The predicted molar refractivity (Wildman–Crippen MR) is 63.5 cm³/mol. The zero-order valence-corrected chi connectivity index (χ0v) is 10.4. The quantitative estimate of drug-likeness (QED) is 0.783. The molecular weight excluding hydrogens is 252 g/mol. The Morgan fingerprint density at radius 1 is 1.35 bits per heavy atom. The number of methoxy groups -OCH3 is 1. The van der Waals surface area contributed by atoms with E-state index >= 15 is 0 Å². The Labute approximate surface area is 105 Å². The first kappa shape index (κ1) is 15.6. The highest BCUT2D eigenvalue weighted by molar-refractivity contribution is 5.85. The number of carbonyl (C=O) groups is 1. The van der Waals surface area contributed by atoms with Gasteiger partial charge in [-0.25, -0.2) is 8.78 Å². The number of esters is 1. The zero-order chi connectivity index (χ0) is 12.1. The van der Waals surface area contributed by atoms with Crippen LogP contribution < -0.4 is 4.90 Å². The lowest BCUT2D eigenvalue weighted by atomic mass is 10.2. The van der Waals surface area contributed by atoms with Crippen molar-refractivity contribution in [3.05, 3.63) is 29.8 Å². The number of nitrogens with zero attached hydrogens (tertiary/aromatic N) is 1. The standard InChI is InChI=1S/C11H13F2NO2.ClH/c1-3-14(7-11(15)16-2)8-4-5-9(12)10(13)6-8;/h4-6H,3,7H2,1-2H3;1H. The first-order valence-corrected chi connectivity index (χ1v) is 4.85. The Hall–Kier alpha value is -1.36. The summed E-state index contributed by atoms with van der Waals surface area (Å²) in [7, 11) is 1.28. The highest BCUT2D eigenvalue weighted by Crippen LogP contribution is 2.17. The maximum Gasteiger partial charge on any atom is 0.325 e. The van der Waals surface area contributed by atoms with Crippen LogP contribution in [-0.4, -0.2) is 26.2 Å². The fraction of sp³-hybridized carbons (Fsp3) is 0.364. The third kappa shape index (κ3) is 4.19. The molecule has 0 amide bonds. The van der Waals surface area contributed by atoms with Gasteiger partial charge in [-0.3, -0.25) is 4.79 Å². The lowest BCUT2D eigenvalue weighted by Crippen LogP contribution is -2.30. The van der Waals surface area contributed by atoms with E-state index in [2.05, 4.69) is 4.74 Å². The fourth-order valence-electron chi connectivity index (χ4n) is 1.29. The summed E-state index contributed by atoms with van der Waals surface area (Å²) >= 11 is 0. The third-order valence-electron chi connectivity index (χ3n) is 2.20. The summed E-state index contributed by atoms with van der Waals surface area (Å²) < 4.78 is 30.2. The monoisotopic (exact) mass is 265 g/mol. The predicted octanol–water partition coefficient (Wildman–Crippen LogP) is 2.39. The fourth-order valence-corrected chi connectivity index (χ4v) is 1.29. The molecule has 0 heterocycles. The molecule has 0 atom stereocenters. The van der Waals surface area contributed by atoms with Gasteiger partial charge in [0.2, 0.25) is 0 Å². The Bertz CT molecular complexity index is 388. The van der Waals surface area contributed by atoms with Gasteiger partial charge < -0.3 is 9.64 Å². The van der Waals surface area contributed by atoms with Crippen LogP contribution in [0.15, 0.2) is 18.2 Å². The molecule has 0 N–H and O–H groups in total. The van der Waals surface area contributed by atoms with Crippen molar-refractivity contribution >= 4 is 24.1 Å². The normalized spacial score (nSPS) is 9.41. The van der Waals surface area contributed by atoms with Gasteiger partial charge in [0.1, 0.15) is 6.54 Å². The van der Waals surface area contributed by atoms with Gasteiger partial charge in [0.25, 0.3) is 0 Å². The molecule has 0 aliphatic heterocycles. The number of ether oxygens (including phenoxy) is 1. The Kier molecular flexibility index (Phi) is 6.50. The number of halogens is 3. The summed E-state index contributed by atoms with van der Waals surface area (Å²) in [5.41, 5.74) is 0.451. The van der Waals surface area contributed by atoms with Crippen molar-refractivity contribution in [2.24, 2.45) is 0 Å². The second-order valence-electron chi connectivity index (χ2n) is 3.19. The van der Waals surface area contributed by atoms with Crippen molar-refractivity contribution in [1.82, 2.24) is 0 Å². The molecule has 0 aliphatic rings. The van der Waals surface area contributed by atoms with Crippen LogP contribution in [0.4, 0.5) is 14.5 Å². The van der Waals surface area contributed by atoms with Crippen LogP contribution in [0.2, 0.25) is 0 Å². The molecule has 0 spiro atoms. The number of likely N-dealkylation sites (N-methyl/N-ethyl adjacent to an activating group) is 1. The Balaban J connectivity index is 0.00000256. The Morgan fingerprint density at radius 2 is 2.00 bits per heavy atom. The van der Waals surface area contributed by atoms with E-state index in [1.807, 2.05) is 6.92 Å². The van der Waals surface area contributed by atoms with Crippen LogP contribution in [-0.2, 0) is 9.53 Å². The van der Waals surface area contributed by atoms with E-state index in [0.717, 1.165) is 12.1 Å². The van der Waals surface area contributed by atoms with Crippen LogP contribution in [0.25, 0.3) is 0 Å². The lowest BCUT2D eigenvalue weighted by Gasteiger charge is -2.21. The van der Waals surface area contributed by atoms with E-state index in [1.165, 1.54) is 13.2 Å². The van der Waals surface area contributed by atoms with Gasteiger partial charge in [0.05, 0.1) is 7.11 Å². The molecule has 0 bridgehead atoms. The zero-order valence-electron chi connectivity index (χ0n) is 9.57. The first-order valence-electron chi connectivity index (χ1n) is 4.85. The molecular formula is C11H14ClF2NO2. The van der Waals surface area contributed by atoms with Gasteiger partial charge in [0.15, 0.2) is 11.6 Å². The summed E-state index contributed by atoms with van der Waals surface area (Å²) in [4.78, 5) is 12.7. The topological polar surface area (TPSA) is 29.5 Å². The maximum absolute atomic E-state index is 13.0. The number of hydrogen-bond donors (Lipinski definition) is 0. The molecule has 1 aromatic rings. The molecule has 0 unspecified atom stereocenters. The number of hydrogen-bond acceptors (Lipinski definition) is 3. The third-order valence-corrected chi connectivity index (χ3v) is 2.20. The molecule has 17 heavy (non-hydrogen) atoms. The molecule has 0 radical (unpaired) electrons. The minimum absolute atomic E-state index is 0. The van der Waals surface area contributed by atoms with Crippen molar-refractivity contribution < 1.29 is 18.3 Å². The summed E-state index contributed by atoms with van der Waals surface area (Å²) in [5.74, 6) is -2.26. The molecule has 1 aromatic carbocycles. The van der Waals surface area contributed by atoms with Gasteiger partial charge >= 0.3 is 5.97 Å². The van der Waals surface area contributed by atoms with Gasteiger partial charge in [-0.1, -0.05) is 0 Å². The SMILES string of the molecule is CCN(CC(=O)OC)c1ccc(F)c(F)c1.Cl. The Morgan fingerprint density at radius 3 is 2.47 bits per heavy atom. The lowest BCUT2D eigenvalue weighted by molar-refractivity contribution is -0.138. The van der Waals surface area contributed by atoms with E-state index in [0.29, 0.717) is 12.2 Å². The molecule has 0 fully saturated rings. The van der Waals surface area contributed by atoms with Crippen molar-refractivity contribution in [3.8, 4) is 0 Å². The molecule has 0 saturated heterocycles.